The maximum Gasteiger partial charge on any atom is 0.416 e. The Kier molecular flexibility index (Phi) is 4.32. The number of halogens is 6. The van der Waals surface area contributed by atoms with Gasteiger partial charge in [-0.1, -0.05) is 6.07 Å². The first-order valence-electron chi connectivity index (χ1n) is 6.54. The zero-order valence-electron chi connectivity index (χ0n) is 12.1. The molecule has 0 spiro atoms. The number of nitrogens with zero attached hydrogens (tertiary/aromatic N) is 2. The van der Waals surface area contributed by atoms with Crippen LogP contribution in [-0.4, -0.2) is 16.8 Å². The van der Waals surface area contributed by atoms with Crippen molar-refractivity contribution in [3.63, 3.8) is 0 Å². The average Bonchev–Trinajstić information content (AvgIpc) is 2.93. The van der Waals surface area contributed by atoms with Gasteiger partial charge in [0.2, 0.25) is 0 Å². The third kappa shape index (κ3) is 3.59. The van der Waals surface area contributed by atoms with Crippen molar-refractivity contribution in [2.45, 2.75) is 25.3 Å². The van der Waals surface area contributed by atoms with Crippen LogP contribution in [0.4, 0.5) is 32.0 Å². The molecule has 1 aromatic heterocycles. The molecule has 0 bridgehead atoms. The molecule has 1 atom stereocenters. The van der Waals surface area contributed by atoms with Crippen LogP contribution in [0.5, 0.6) is 0 Å². The summed E-state index contributed by atoms with van der Waals surface area (Å²) in [6.45, 7) is 1.43. The highest BCUT2D eigenvalue weighted by molar-refractivity contribution is 5.40. The first-order valence-corrected chi connectivity index (χ1v) is 6.54. The molecule has 0 fully saturated rings. The highest BCUT2D eigenvalue weighted by atomic mass is 19.4. The highest BCUT2D eigenvalue weighted by Crippen LogP contribution is 2.39. The Labute approximate surface area is 127 Å². The van der Waals surface area contributed by atoms with E-state index < -0.39 is 29.5 Å². The molecule has 1 heterocycles. The predicted octanol–water partition coefficient (Wildman–Crippen LogP) is 4.57. The van der Waals surface area contributed by atoms with E-state index in [9.17, 15) is 26.3 Å². The third-order valence-corrected chi connectivity index (χ3v) is 3.42. The molecule has 0 aliphatic carbocycles. The van der Waals surface area contributed by atoms with Crippen LogP contribution in [0.25, 0.3) is 0 Å². The summed E-state index contributed by atoms with van der Waals surface area (Å²) in [5.41, 5.74) is -2.35. The van der Waals surface area contributed by atoms with Gasteiger partial charge in [0.15, 0.2) is 0 Å². The first-order chi connectivity index (χ1) is 10.5. The van der Waals surface area contributed by atoms with Gasteiger partial charge in [0.25, 0.3) is 0 Å². The van der Waals surface area contributed by atoms with Gasteiger partial charge >= 0.3 is 12.4 Å². The molecular formula is C14H13F6N3. The number of hydrogen-bond acceptors (Lipinski definition) is 2. The Morgan fingerprint density at radius 2 is 1.74 bits per heavy atom. The number of hydrogen-bond donors (Lipinski definition) is 1. The number of alkyl halides is 6. The zero-order valence-corrected chi connectivity index (χ0v) is 12.1. The monoisotopic (exact) mass is 337 g/mol. The van der Waals surface area contributed by atoms with E-state index in [-0.39, 0.29) is 11.6 Å². The second kappa shape index (κ2) is 5.78. The highest BCUT2D eigenvalue weighted by Gasteiger charge is 2.39. The average molecular weight is 337 g/mol. The summed E-state index contributed by atoms with van der Waals surface area (Å²) in [6.07, 6.45) is -6.85. The fourth-order valence-electron chi connectivity index (χ4n) is 2.16. The number of benzene rings is 1. The number of anilines is 1. The zero-order chi connectivity index (χ0) is 17.4. The second-order valence-corrected chi connectivity index (χ2v) is 4.93. The topological polar surface area (TPSA) is 29.9 Å². The van der Waals surface area contributed by atoms with Crippen molar-refractivity contribution in [3.05, 3.63) is 47.3 Å². The molecule has 9 heteroatoms. The summed E-state index contributed by atoms with van der Waals surface area (Å²) >= 11 is 0. The van der Waals surface area contributed by atoms with Crippen molar-refractivity contribution in [3.8, 4) is 0 Å². The lowest BCUT2D eigenvalue weighted by atomic mass is 9.98. The molecule has 1 N–H and O–H groups in total. The quantitative estimate of drug-likeness (QED) is 0.832. The lowest BCUT2D eigenvalue weighted by Crippen LogP contribution is -2.17. The molecule has 0 amide bonds. The van der Waals surface area contributed by atoms with Gasteiger partial charge in [-0.15, -0.1) is 0 Å². The van der Waals surface area contributed by atoms with Crippen LogP contribution in [0.2, 0.25) is 0 Å². The van der Waals surface area contributed by atoms with E-state index in [1.807, 2.05) is 0 Å². The van der Waals surface area contributed by atoms with E-state index in [4.69, 9.17) is 0 Å². The minimum atomic E-state index is -4.90. The van der Waals surface area contributed by atoms with E-state index >= 15 is 0 Å². The first kappa shape index (κ1) is 17.2. The number of aromatic nitrogens is 2. The molecular weight excluding hydrogens is 324 g/mol. The molecule has 0 aliphatic rings. The Morgan fingerprint density at radius 1 is 1.09 bits per heavy atom. The molecule has 2 rings (SSSR count). The van der Waals surface area contributed by atoms with E-state index in [1.165, 1.54) is 24.0 Å². The summed E-state index contributed by atoms with van der Waals surface area (Å²) in [5, 5.41) is 6.70. The van der Waals surface area contributed by atoms with Crippen molar-refractivity contribution in [1.29, 1.82) is 0 Å². The summed E-state index contributed by atoms with van der Waals surface area (Å²) in [5.74, 6) is 0. The van der Waals surface area contributed by atoms with Crippen molar-refractivity contribution in [2.24, 2.45) is 0 Å². The van der Waals surface area contributed by atoms with Crippen LogP contribution < -0.4 is 5.32 Å². The second-order valence-electron chi connectivity index (χ2n) is 4.93. The van der Waals surface area contributed by atoms with Crippen LogP contribution in [-0.2, 0) is 12.4 Å². The smallest absolute Gasteiger partial charge is 0.386 e. The van der Waals surface area contributed by atoms with E-state index in [1.54, 1.807) is 7.05 Å². The van der Waals surface area contributed by atoms with E-state index in [2.05, 4.69) is 10.4 Å². The van der Waals surface area contributed by atoms with Gasteiger partial charge in [0.1, 0.15) is 0 Å². The number of rotatable bonds is 3. The lowest BCUT2D eigenvalue weighted by molar-refractivity contribution is -0.143. The molecule has 0 saturated heterocycles. The van der Waals surface area contributed by atoms with Crippen LogP contribution in [0, 0.1) is 0 Å². The Balaban J connectivity index is 2.52. The van der Waals surface area contributed by atoms with Crippen molar-refractivity contribution in [2.75, 3.05) is 12.4 Å². The minimum Gasteiger partial charge on any atom is -0.386 e. The molecule has 126 valence electrons. The summed E-state index contributed by atoms with van der Waals surface area (Å²) in [4.78, 5) is 0. The maximum atomic E-state index is 13.2. The van der Waals surface area contributed by atoms with Crippen molar-refractivity contribution < 1.29 is 26.3 Å². The third-order valence-electron chi connectivity index (χ3n) is 3.42. The molecule has 0 radical (unpaired) electrons. The van der Waals surface area contributed by atoms with Crippen LogP contribution in [0.1, 0.15) is 29.7 Å². The summed E-state index contributed by atoms with van der Waals surface area (Å²) in [6, 6.07) is 0.741. The van der Waals surface area contributed by atoms with Gasteiger partial charge in [0.05, 0.1) is 29.1 Å². The fraction of sp³-hybridized carbons (Fsp3) is 0.357. The van der Waals surface area contributed by atoms with Crippen molar-refractivity contribution >= 4 is 5.69 Å². The van der Waals surface area contributed by atoms with Gasteiger partial charge in [0, 0.05) is 13.2 Å². The van der Waals surface area contributed by atoms with Crippen LogP contribution in [0.15, 0.2) is 30.6 Å². The molecule has 0 saturated carbocycles. The summed E-state index contributed by atoms with van der Waals surface area (Å²) < 4.78 is 78.7. The Hall–Kier alpha value is -2.19. The Morgan fingerprint density at radius 3 is 2.22 bits per heavy atom. The van der Waals surface area contributed by atoms with E-state index in [0.717, 1.165) is 6.07 Å². The van der Waals surface area contributed by atoms with Crippen molar-refractivity contribution in [1.82, 2.24) is 9.78 Å². The molecule has 2 aromatic rings. The Bertz CT molecular complexity index is 687. The fourth-order valence-corrected chi connectivity index (χ4v) is 2.16. The largest absolute Gasteiger partial charge is 0.416 e. The minimum absolute atomic E-state index is 0.133. The number of nitrogens with one attached hydrogen (secondary N) is 1. The van der Waals surface area contributed by atoms with Crippen LogP contribution >= 0.6 is 0 Å². The normalized spacial score (nSPS) is 13.9. The lowest BCUT2D eigenvalue weighted by Gasteiger charge is -2.20. The van der Waals surface area contributed by atoms with Crippen LogP contribution in [0.3, 0.4) is 0 Å². The SMILES string of the molecule is CNc1cnn(C(C)c2ccc(C(F)(F)F)cc2C(F)(F)F)c1. The van der Waals surface area contributed by atoms with Gasteiger partial charge in [-0.3, -0.25) is 4.68 Å². The maximum absolute atomic E-state index is 13.2. The molecule has 1 aromatic carbocycles. The van der Waals surface area contributed by atoms with Gasteiger partial charge < -0.3 is 5.32 Å². The standard InChI is InChI=1S/C14H13F6N3/c1-8(23-7-10(21-2)6-22-23)11-4-3-9(13(15,16)17)5-12(11)14(18,19)20/h3-8,21H,1-2H3. The molecule has 3 nitrogen and oxygen atoms in total. The van der Waals surface area contributed by atoms with E-state index in [0.29, 0.717) is 11.8 Å². The van der Waals surface area contributed by atoms with Gasteiger partial charge in [-0.05, 0) is 24.6 Å². The molecule has 23 heavy (non-hydrogen) atoms. The van der Waals surface area contributed by atoms with Gasteiger partial charge in [-0.2, -0.15) is 31.4 Å². The predicted molar refractivity (Wildman–Crippen MR) is 72.0 cm³/mol. The molecule has 1 unspecified atom stereocenters. The van der Waals surface area contributed by atoms with Gasteiger partial charge in [-0.25, -0.2) is 0 Å². The molecule has 0 aliphatic heterocycles. The summed E-state index contributed by atoms with van der Waals surface area (Å²) in [7, 11) is 1.62.